The summed E-state index contributed by atoms with van der Waals surface area (Å²) >= 11 is 0. The van der Waals surface area contributed by atoms with Crippen LogP contribution < -0.4 is 10.0 Å². The number of benzene rings is 3. The van der Waals surface area contributed by atoms with Crippen molar-refractivity contribution >= 4 is 32.6 Å². The number of carbonyl (C=O) groups is 1. The SMILES string of the molecule is COCCOCCc1cc2cc(C(=O)O)ccc2n1CCC(C)(C)NC[C@H](O)c1cccc(NS(=O)(=O)c2ccccc2)c1. The van der Waals surface area contributed by atoms with Gasteiger partial charge in [-0.3, -0.25) is 4.72 Å². The van der Waals surface area contributed by atoms with Crippen LogP contribution in [-0.4, -0.2) is 68.2 Å². The van der Waals surface area contributed by atoms with Crippen LogP contribution >= 0.6 is 0 Å². The van der Waals surface area contributed by atoms with Crippen LogP contribution in [0, 0.1) is 0 Å². The van der Waals surface area contributed by atoms with Crippen molar-refractivity contribution in [3.8, 4) is 0 Å². The van der Waals surface area contributed by atoms with Gasteiger partial charge in [-0.1, -0.05) is 30.3 Å². The van der Waals surface area contributed by atoms with Crippen LogP contribution in [0.4, 0.5) is 5.69 Å². The maximum Gasteiger partial charge on any atom is 0.335 e. The number of aromatic nitrogens is 1. The Labute approximate surface area is 258 Å². The third-order valence-corrected chi connectivity index (χ3v) is 8.88. The van der Waals surface area contributed by atoms with Crippen LogP contribution in [0.3, 0.4) is 0 Å². The molecule has 11 heteroatoms. The zero-order valence-electron chi connectivity index (χ0n) is 25.3. The molecular formula is C33H41N3O7S. The normalized spacial score (nSPS) is 12.8. The van der Waals surface area contributed by atoms with Crippen LogP contribution in [0.5, 0.6) is 0 Å². The number of carboxylic acids is 1. The number of sulfonamides is 1. The molecule has 4 aromatic rings. The summed E-state index contributed by atoms with van der Waals surface area (Å²) < 4.78 is 41.0. The third-order valence-electron chi connectivity index (χ3n) is 7.48. The number of rotatable bonds is 17. The molecule has 0 aliphatic heterocycles. The van der Waals surface area contributed by atoms with E-state index in [1.165, 1.54) is 12.1 Å². The largest absolute Gasteiger partial charge is 0.478 e. The van der Waals surface area contributed by atoms with Gasteiger partial charge in [0.2, 0.25) is 0 Å². The van der Waals surface area contributed by atoms with E-state index in [1.807, 2.05) is 12.1 Å². The summed E-state index contributed by atoms with van der Waals surface area (Å²) in [5, 5.41) is 24.7. The van der Waals surface area contributed by atoms with Crippen molar-refractivity contribution in [2.24, 2.45) is 0 Å². The summed E-state index contributed by atoms with van der Waals surface area (Å²) in [5.74, 6) is -0.966. The lowest BCUT2D eigenvalue weighted by atomic mass is 9.99. The molecule has 1 atom stereocenters. The molecular weight excluding hydrogens is 582 g/mol. The van der Waals surface area contributed by atoms with Gasteiger partial charge in [0, 0.05) is 54.4 Å². The number of aryl methyl sites for hydroxylation is 1. The fourth-order valence-corrected chi connectivity index (χ4v) is 6.02. The molecule has 0 radical (unpaired) electrons. The molecule has 1 aromatic heterocycles. The second-order valence-corrected chi connectivity index (χ2v) is 13.0. The van der Waals surface area contributed by atoms with Crippen LogP contribution in [0.2, 0.25) is 0 Å². The lowest BCUT2D eigenvalue weighted by Crippen LogP contribution is -2.42. The third kappa shape index (κ3) is 8.90. The van der Waals surface area contributed by atoms with Gasteiger partial charge in [-0.15, -0.1) is 0 Å². The zero-order valence-corrected chi connectivity index (χ0v) is 26.1. The number of β-amino-alcohol motifs (C(OH)–C–C–N with tert-alkyl or cyclic N) is 1. The van der Waals surface area contributed by atoms with Gasteiger partial charge < -0.3 is 29.6 Å². The van der Waals surface area contributed by atoms with Crippen LogP contribution in [0.25, 0.3) is 10.9 Å². The number of ether oxygens (including phenoxy) is 2. The Morgan fingerprint density at radius 2 is 1.75 bits per heavy atom. The number of nitrogens with one attached hydrogen (secondary N) is 2. The molecule has 0 aliphatic rings. The molecule has 0 bridgehead atoms. The van der Waals surface area contributed by atoms with E-state index in [0.717, 1.165) is 23.0 Å². The molecule has 0 saturated carbocycles. The predicted octanol–water partition coefficient (Wildman–Crippen LogP) is 4.84. The van der Waals surface area contributed by atoms with E-state index in [9.17, 15) is 23.4 Å². The number of nitrogens with zero attached hydrogens (tertiary/aromatic N) is 1. The summed E-state index contributed by atoms with van der Waals surface area (Å²) in [7, 11) is -2.12. The first-order valence-electron chi connectivity index (χ1n) is 14.5. The molecule has 0 spiro atoms. The Morgan fingerprint density at radius 1 is 0.977 bits per heavy atom. The molecule has 0 amide bonds. The summed E-state index contributed by atoms with van der Waals surface area (Å²) in [5.41, 5.74) is 2.83. The Morgan fingerprint density at radius 3 is 2.48 bits per heavy atom. The minimum atomic E-state index is -3.75. The molecule has 3 aromatic carbocycles. The number of aliphatic hydroxyl groups is 1. The minimum absolute atomic E-state index is 0.161. The predicted molar refractivity (Wildman–Crippen MR) is 171 cm³/mol. The van der Waals surface area contributed by atoms with Crippen molar-refractivity contribution in [3.05, 3.63) is 95.7 Å². The maximum atomic E-state index is 12.7. The smallest absolute Gasteiger partial charge is 0.335 e. The fraction of sp³-hybridized carbons (Fsp3) is 0.364. The summed E-state index contributed by atoms with van der Waals surface area (Å²) in [6, 6.07) is 22.1. The van der Waals surface area contributed by atoms with Crippen molar-refractivity contribution in [2.75, 3.05) is 38.2 Å². The minimum Gasteiger partial charge on any atom is -0.478 e. The average Bonchev–Trinajstić information content (AvgIpc) is 3.35. The number of aromatic carboxylic acids is 1. The molecule has 0 unspecified atom stereocenters. The van der Waals surface area contributed by atoms with E-state index in [1.54, 1.807) is 61.7 Å². The van der Waals surface area contributed by atoms with E-state index in [4.69, 9.17) is 9.47 Å². The summed E-state index contributed by atoms with van der Waals surface area (Å²) in [4.78, 5) is 11.7. The monoisotopic (exact) mass is 623 g/mol. The van der Waals surface area contributed by atoms with E-state index < -0.39 is 22.1 Å². The quantitative estimate of drug-likeness (QED) is 0.123. The lowest BCUT2D eigenvalue weighted by Gasteiger charge is -2.29. The van der Waals surface area contributed by atoms with Crippen molar-refractivity contribution in [1.82, 2.24) is 9.88 Å². The van der Waals surface area contributed by atoms with E-state index in [-0.39, 0.29) is 22.5 Å². The molecule has 0 aliphatic carbocycles. The van der Waals surface area contributed by atoms with Gasteiger partial charge in [0.1, 0.15) is 0 Å². The Balaban J connectivity index is 1.40. The highest BCUT2D eigenvalue weighted by atomic mass is 32.2. The van der Waals surface area contributed by atoms with Crippen LogP contribution in [0.15, 0.2) is 83.8 Å². The molecule has 4 rings (SSSR count). The molecule has 1 heterocycles. The number of aliphatic hydroxyl groups excluding tert-OH is 1. The van der Waals surface area contributed by atoms with Gasteiger partial charge in [0.25, 0.3) is 10.0 Å². The van der Waals surface area contributed by atoms with Crippen molar-refractivity contribution in [2.45, 2.75) is 49.8 Å². The number of carboxylic acid groups (broad SMARTS) is 1. The topological polar surface area (TPSA) is 139 Å². The molecule has 44 heavy (non-hydrogen) atoms. The zero-order chi connectivity index (χ0) is 31.7. The number of methoxy groups -OCH3 is 1. The maximum absolute atomic E-state index is 12.7. The van der Waals surface area contributed by atoms with Crippen molar-refractivity contribution in [1.29, 1.82) is 0 Å². The first-order valence-corrected chi connectivity index (χ1v) is 16.0. The van der Waals surface area contributed by atoms with Crippen molar-refractivity contribution in [3.63, 3.8) is 0 Å². The molecule has 10 nitrogen and oxygen atoms in total. The highest BCUT2D eigenvalue weighted by Gasteiger charge is 2.22. The molecule has 0 fully saturated rings. The number of fused-ring (bicyclic) bond motifs is 1. The second-order valence-electron chi connectivity index (χ2n) is 11.3. The number of anilines is 1. The first kappa shape index (κ1) is 33.2. The fourth-order valence-electron chi connectivity index (χ4n) is 4.95. The average molecular weight is 624 g/mol. The van der Waals surface area contributed by atoms with Gasteiger partial charge in [0.05, 0.1) is 36.4 Å². The molecule has 4 N–H and O–H groups in total. The molecule has 0 saturated heterocycles. The van der Waals surface area contributed by atoms with Gasteiger partial charge in [-0.25, -0.2) is 13.2 Å². The number of hydrogen-bond acceptors (Lipinski definition) is 7. The van der Waals surface area contributed by atoms with E-state index in [2.05, 4.69) is 28.5 Å². The van der Waals surface area contributed by atoms with Crippen molar-refractivity contribution < 1.29 is 32.9 Å². The highest BCUT2D eigenvalue weighted by Crippen LogP contribution is 2.25. The van der Waals surface area contributed by atoms with Gasteiger partial charge in [0.15, 0.2) is 0 Å². The highest BCUT2D eigenvalue weighted by molar-refractivity contribution is 7.92. The van der Waals surface area contributed by atoms with Gasteiger partial charge in [-0.2, -0.15) is 0 Å². The van der Waals surface area contributed by atoms with Crippen LogP contribution in [-0.2, 0) is 32.5 Å². The standard InChI is InChI=1S/C33H41N3O7S/c1-33(2,34-23-31(37)24-8-7-9-27(21-24)35-44(40,41)29-10-5-4-6-11-29)15-16-36-28(14-17-43-19-18-42-3)22-26-20-25(32(38)39)12-13-30(26)36/h4-13,20-22,31,34-35,37H,14-19,23H2,1-3H3,(H,38,39)/t31-/m0/s1. The molecule has 236 valence electrons. The lowest BCUT2D eigenvalue weighted by molar-refractivity contribution is 0.0697. The summed E-state index contributed by atoms with van der Waals surface area (Å²) in [6.07, 6.45) is 0.522. The summed E-state index contributed by atoms with van der Waals surface area (Å²) in [6.45, 7) is 6.58. The van der Waals surface area contributed by atoms with E-state index >= 15 is 0 Å². The van der Waals surface area contributed by atoms with Crippen LogP contribution in [0.1, 0.15) is 48.0 Å². The number of hydrogen-bond donors (Lipinski definition) is 4. The Kier molecular flexibility index (Phi) is 11.2. The van der Waals surface area contributed by atoms with E-state index in [0.29, 0.717) is 44.0 Å². The van der Waals surface area contributed by atoms with Gasteiger partial charge >= 0.3 is 5.97 Å². The second kappa shape index (κ2) is 14.8. The Hall–Kier alpha value is -3.74. The Bertz CT molecular complexity index is 1650. The first-order chi connectivity index (χ1) is 21.0. The van der Waals surface area contributed by atoms with Gasteiger partial charge in [-0.05, 0) is 74.4 Å².